The Kier molecular flexibility index (Phi) is 7.50. The molecular formula is C23H38BrNO6. The number of rotatable bonds is 5. The van der Waals surface area contributed by atoms with E-state index in [2.05, 4.69) is 28.9 Å². The van der Waals surface area contributed by atoms with Gasteiger partial charge in [0.2, 0.25) is 0 Å². The van der Waals surface area contributed by atoms with Crippen molar-refractivity contribution in [3.8, 4) is 6.07 Å². The van der Waals surface area contributed by atoms with Gasteiger partial charge in [-0.1, -0.05) is 22.9 Å². The van der Waals surface area contributed by atoms with E-state index in [1.54, 1.807) is 0 Å². The Morgan fingerprint density at radius 1 is 0.903 bits per heavy atom. The van der Waals surface area contributed by atoms with Crippen LogP contribution in [-0.4, -0.2) is 59.3 Å². The second kappa shape index (κ2) is 9.17. The number of nitrogens with zero attached hydrogens (tertiary/aromatic N) is 1. The Balaban J connectivity index is 1.74. The fourth-order valence-corrected chi connectivity index (χ4v) is 5.42. The van der Waals surface area contributed by atoms with Crippen molar-refractivity contribution in [2.45, 2.75) is 122 Å². The van der Waals surface area contributed by atoms with Crippen LogP contribution in [0.25, 0.3) is 0 Å². The zero-order valence-electron chi connectivity index (χ0n) is 19.9. The second-order valence-electron chi connectivity index (χ2n) is 10.6. The molecule has 178 valence electrons. The van der Waals surface area contributed by atoms with Gasteiger partial charge in [0, 0.05) is 36.9 Å². The van der Waals surface area contributed by atoms with Crippen molar-refractivity contribution in [1.82, 2.24) is 0 Å². The smallest absolute Gasteiger partial charge is 0.165 e. The van der Waals surface area contributed by atoms with Gasteiger partial charge in [-0.3, -0.25) is 0 Å². The van der Waals surface area contributed by atoms with Gasteiger partial charge >= 0.3 is 0 Å². The lowest BCUT2D eigenvalue weighted by atomic mass is 9.84. The summed E-state index contributed by atoms with van der Waals surface area (Å²) in [4.78, 5) is 0. The molecule has 8 heteroatoms. The summed E-state index contributed by atoms with van der Waals surface area (Å²) in [6, 6.07) is 2.47. The maximum absolute atomic E-state index is 10.2. The summed E-state index contributed by atoms with van der Waals surface area (Å²) in [6.07, 6.45) is 2.07. The molecule has 0 radical (unpaired) electrons. The van der Waals surface area contributed by atoms with Gasteiger partial charge in [0.1, 0.15) is 0 Å². The fraction of sp³-hybridized carbons (Fsp3) is 0.957. The summed E-state index contributed by atoms with van der Waals surface area (Å²) in [5.74, 6) is -1.94. The average molecular weight is 504 g/mol. The minimum Gasteiger partial charge on any atom is -0.350 e. The van der Waals surface area contributed by atoms with Crippen LogP contribution in [0.15, 0.2) is 0 Å². The number of hydrogen-bond donors (Lipinski definition) is 0. The van der Waals surface area contributed by atoms with Gasteiger partial charge in [-0.05, 0) is 41.5 Å². The summed E-state index contributed by atoms with van der Waals surface area (Å²) in [7, 11) is 0. The lowest BCUT2D eigenvalue weighted by Gasteiger charge is -2.49. The number of nitriles is 1. The molecule has 0 aromatic rings. The minimum absolute atomic E-state index is 0.00455. The van der Waals surface area contributed by atoms with Crippen LogP contribution in [0.5, 0.6) is 0 Å². The fourth-order valence-electron chi connectivity index (χ4n) is 5.02. The van der Waals surface area contributed by atoms with Gasteiger partial charge < -0.3 is 28.4 Å². The monoisotopic (exact) mass is 503 g/mol. The third kappa shape index (κ3) is 6.63. The number of alkyl halides is 1. The molecule has 3 aliphatic heterocycles. The van der Waals surface area contributed by atoms with Crippen LogP contribution >= 0.6 is 15.9 Å². The summed E-state index contributed by atoms with van der Waals surface area (Å²) >= 11 is 3.52. The van der Waals surface area contributed by atoms with Gasteiger partial charge in [0.05, 0.1) is 37.1 Å². The first-order chi connectivity index (χ1) is 14.3. The van der Waals surface area contributed by atoms with Gasteiger partial charge in [-0.15, -0.1) is 0 Å². The van der Waals surface area contributed by atoms with Crippen LogP contribution in [-0.2, 0) is 28.4 Å². The van der Waals surface area contributed by atoms with Gasteiger partial charge in [-0.2, -0.15) is 5.26 Å². The van der Waals surface area contributed by atoms with E-state index in [4.69, 9.17) is 28.4 Å². The molecule has 0 bridgehead atoms. The first-order valence-electron chi connectivity index (χ1n) is 11.3. The summed E-state index contributed by atoms with van der Waals surface area (Å²) in [5, 5.41) is 11.0. The molecule has 3 saturated heterocycles. The zero-order valence-corrected chi connectivity index (χ0v) is 21.5. The molecule has 0 saturated carbocycles. The maximum Gasteiger partial charge on any atom is 0.165 e. The molecular weight excluding hydrogens is 466 g/mol. The van der Waals surface area contributed by atoms with Crippen molar-refractivity contribution >= 4 is 15.9 Å². The quantitative estimate of drug-likeness (QED) is 0.504. The standard InChI is InChI=1S/C23H38BrNO6/c1-15-13-26-20(2,3)30-19(15)9-17-11-23(14-25,31-22(6,7)28-17)10-16-8-18(12-24)29-21(4,5)27-16/h15-19H,8-13H2,1-7H3/t15-,16-,17-,18-,19+,23-/m1/s1. The lowest BCUT2D eigenvalue weighted by molar-refractivity contribution is -0.346. The molecule has 3 heterocycles. The molecule has 7 nitrogen and oxygen atoms in total. The molecule has 0 amide bonds. The van der Waals surface area contributed by atoms with Crippen LogP contribution in [0.2, 0.25) is 0 Å². The van der Waals surface area contributed by atoms with E-state index in [1.807, 2.05) is 41.5 Å². The zero-order chi connectivity index (χ0) is 23.1. The topological polar surface area (TPSA) is 79.2 Å². The number of hydrogen-bond acceptors (Lipinski definition) is 7. The lowest BCUT2D eigenvalue weighted by Crippen LogP contribution is -2.56. The SMILES string of the molecule is C[C@@H]1COC(C)(C)O[C@H]1C[C@@H]1C[C@@](C#N)(C[C@H]2C[C@H](CBr)OC(C)(C)O2)OC(C)(C)O1. The molecule has 6 atom stereocenters. The van der Waals surface area contributed by atoms with Crippen molar-refractivity contribution in [2.75, 3.05) is 11.9 Å². The van der Waals surface area contributed by atoms with E-state index >= 15 is 0 Å². The molecule has 0 N–H and O–H groups in total. The minimum atomic E-state index is -0.995. The van der Waals surface area contributed by atoms with E-state index in [1.165, 1.54) is 0 Å². The van der Waals surface area contributed by atoms with Crippen LogP contribution in [0.4, 0.5) is 0 Å². The van der Waals surface area contributed by atoms with Crippen molar-refractivity contribution in [1.29, 1.82) is 5.26 Å². The Morgan fingerprint density at radius 2 is 1.55 bits per heavy atom. The summed E-state index contributed by atoms with van der Waals surface area (Å²) in [6.45, 7) is 14.2. The maximum atomic E-state index is 10.2. The Bertz CT molecular complexity index is 677. The number of halogens is 1. The molecule has 0 aliphatic carbocycles. The van der Waals surface area contributed by atoms with E-state index in [0.717, 1.165) is 5.33 Å². The number of ether oxygens (including phenoxy) is 6. The average Bonchev–Trinajstić information content (AvgIpc) is 2.61. The highest BCUT2D eigenvalue weighted by molar-refractivity contribution is 9.09. The highest BCUT2D eigenvalue weighted by Gasteiger charge is 2.50. The molecule has 3 fully saturated rings. The summed E-state index contributed by atoms with van der Waals surface area (Å²) in [5.41, 5.74) is -0.995. The molecule has 0 aromatic carbocycles. The van der Waals surface area contributed by atoms with Crippen LogP contribution in [0, 0.1) is 17.2 Å². The van der Waals surface area contributed by atoms with Gasteiger partial charge in [0.25, 0.3) is 0 Å². The van der Waals surface area contributed by atoms with Gasteiger partial charge in [-0.25, -0.2) is 0 Å². The normalized spacial score (nSPS) is 42.0. The van der Waals surface area contributed by atoms with Crippen LogP contribution in [0.3, 0.4) is 0 Å². The van der Waals surface area contributed by atoms with Crippen molar-refractivity contribution in [2.24, 2.45) is 5.92 Å². The van der Waals surface area contributed by atoms with Gasteiger partial charge in [0.15, 0.2) is 23.0 Å². The largest absolute Gasteiger partial charge is 0.350 e. The van der Waals surface area contributed by atoms with E-state index in [-0.39, 0.29) is 30.3 Å². The van der Waals surface area contributed by atoms with E-state index < -0.39 is 23.0 Å². The Hall–Kier alpha value is -0.270. The highest BCUT2D eigenvalue weighted by Crippen LogP contribution is 2.42. The Morgan fingerprint density at radius 3 is 2.19 bits per heavy atom. The van der Waals surface area contributed by atoms with Crippen molar-refractivity contribution in [3.05, 3.63) is 0 Å². The second-order valence-corrected chi connectivity index (χ2v) is 11.3. The van der Waals surface area contributed by atoms with Crippen LogP contribution < -0.4 is 0 Å². The molecule has 31 heavy (non-hydrogen) atoms. The molecule has 3 aliphatic rings. The Labute approximate surface area is 195 Å². The summed E-state index contributed by atoms with van der Waals surface area (Å²) < 4.78 is 36.6. The predicted molar refractivity (Wildman–Crippen MR) is 119 cm³/mol. The third-order valence-corrected chi connectivity index (χ3v) is 6.79. The first-order valence-corrected chi connectivity index (χ1v) is 12.4. The molecule has 0 spiro atoms. The first kappa shape index (κ1) is 25.4. The third-order valence-electron chi connectivity index (χ3n) is 6.07. The van der Waals surface area contributed by atoms with E-state index in [9.17, 15) is 5.26 Å². The van der Waals surface area contributed by atoms with Crippen molar-refractivity contribution in [3.63, 3.8) is 0 Å². The predicted octanol–water partition coefficient (Wildman–Crippen LogP) is 4.66. The molecule has 3 rings (SSSR count). The molecule has 0 unspecified atom stereocenters. The molecule has 0 aromatic heterocycles. The van der Waals surface area contributed by atoms with Crippen LogP contribution in [0.1, 0.15) is 74.1 Å². The van der Waals surface area contributed by atoms with Crippen molar-refractivity contribution < 1.29 is 28.4 Å². The van der Waals surface area contributed by atoms with E-state index in [0.29, 0.717) is 32.3 Å². The highest BCUT2D eigenvalue weighted by atomic mass is 79.9.